The summed E-state index contributed by atoms with van der Waals surface area (Å²) in [6.07, 6.45) is 0. The van der Waals surface area contributed by atoms with Crippen LogP contribution in [0.4, 0.5) is 16.3 Å². The molecule has 21 heavy (non-hydrogen) atoms. The molecule has 0 fully saturated rings. The molecule has 7 heteroatoms. The van der Waals surface area contributed by atoms with Crippen molar-refractivity contribution in [2.45, 2.75) is 23.9 Å². The van der Waals surface area contributed by atoms with Gasteiger partial charge in [0.2, 0.25) is 11.9 Å². The first-order valence-corrected chi connectivity index (χ1v) is 7.60. The number of rotatable bonds is 6. The van der Waals surface area contributed by atoms with Crippen molar-refractivity contribution < 1.29 is 4.39 Å². The fraction of sp³-hybridized carbons (Fsp3) is 0.357. The van der Waals surface area contributed by atoms with E-state index < -0.39 is 0 Å². The van der Waals surface area contributed by atoms with Gasteiger partial charge in [-0.1, -0.05) is 12.1 Å². The molecule has 112 valence electrons. The van der Waals surface area contributed by atoms with Gasteiger partial charge in [-0.2, -0.15) is 15.0 Å². The van der Waals surface area contributed by atoms with E-state index in [4.69, 9.17) is 0 Å². The van der Waals surface area contributed by atoms with Crippen LogP contribution < -0.4 is 10.2 Å². The van der Waals surface area contributed by atoms with Gasteiger partial charge in [0.25, 0.3) is 0 Å². The van der Waals surface area contributed by atoms with Crippen LogP contribution >= 0.6 is 11.8 Å². The second-order valence-corrected chi connectivity index (χ2v) is 5.21. The zero-order valence-corrected chi connectivity index (χ0v) is 13.1. The van der Waals surface area contributed by atoms with Gasteiger partial charge in [-0.3, -0.25) is 0 Å². The third-order valence-electron chi connectivity index (χ3n) is 2.91. The lowest BCUT2D eigenvalue weighted by molar-refractivity contribution is 0.601. The molecule has 0 atom stereocenters. The highest BCUT2D eigenvalue weighted by molar-refractivity contribution is 7.99. The molecule has 5 nitrogen and oxygen atoms in total. The minimum Gasteiger partial charge on any atom is -0.357 e. The second-order valence-electron chi connectivity index (χ2n) is 4.20. The molecule has 0 saturated carbocycles. The van der Waals surface area contributed by atoms with Gasteiger partial charge in [0.1, 0.15) is 5.82 Å². The van der Waals surface area contributed by atoms with Crippen LogP contribution in [0, 0.1) is 5.82 Å². The van der Waals surface area contributed by atoms with Crippen molar-refractivity contribution in [2.75, 3.05) is 30.4 Å². The molecule has 2 rings (SSSR count). The van der Waals surface area contributed by atoms with Gasteiger partial charge in [0.05, 0.1) is 4.90 Å². The molecule has 0 amide bonds. The van der Waals surface area contributed by atoms with Crippen molar-refractivity contribution in [2.24, 2.45) is 0 Å². The summed E-state index contributed by atoms with van der Waals surface area (Å²) in [7, 11) is 1.75. The topological polar surface area (TPSA) is 53.9 Å². The average molecular weight is 307 g/mol. The minimum absolute atomic E-state index is 0.279. The fourth-order valence-corrected chi connectivity index (χ4v) is 2.55. The van der Waals surface area contributed by atoms with E-state index >= 15 is 0 Å². The maximum absolute atomic E-state index is 13.7. The largest absolute Gasteiger partial charge is 0.357 e. The van der Waals surface area contributed by atoms with Crippen molar-refractivity contribution >= 4 is 23.7 Å². The van der Waals surface area contributed by atoms with Crippen LogP contribution in [0.5, 0.6) is 0 Å². The normalized spacial score (nSPS) is 10.5. The fourth-order valence-electron chi connectivity index (χ4n) is 1.78. The lowest BCUT2D eigenvalue weighted by Gasteiger charge is -2.19. The first-order valence-electron chi connectivity index (χ1n) is 6.79. The number of nitrogens with zero attached hydrogens (tertiary/aromatic N) is 4. The number of halogens is 1. The third kappa shape index (κ3) is 3.81. The molecule has 1 heterocycles. The average Bonchev–Trinajstić information content (AvgIpc) is 2.50. The minimum atomic E-state index is -0.279. The number of anilines is 2. The molecule has 2 aromatic rings. The van der Waals surface area contributed by atoms with E-state index in [1.807, 2.05) is 18.7 Å². The predicted molar refractivity (Wildman–Crippen MR) is 83.5 cm³/mol. The van der Waals surface area contributed by atoms with Crippen LogP contribution in [0.15, 0.2) is 34.3 Å². The Kier molecular flexibility index (Phi) is 5.32. The van der Waals surface area contributed by atoms with Crippen LogP contribution in [-0.4, -0.2) is 35.1 Å². The summed E-state index contributed by atoms with van der Waals surface area (Å²) in [6.45, 7) is 5.67. The Labute approximate surface area is 128 Å². The molecule has 1 aromatic heterocycles. The summed E-state index contributed by atoms with van der Waals surface area (Å²) in [5.41, 5.74) is 0. The Bertz CT molecular complexity index is 604. The third-order valence-corrected chi connectivity index (χ3v) is 3.83. The Hall–Kier alpha value is -1.89. The van der Waals surface area contributed by atoms with Crippen molar-refractivity contribution in [3.63, 3.8) is 0 Å². The predicted octanol–water partition coefficient (Wildman–Crippen LogP) is 3.05. The smallest absolute Gasteiger partial charge is 0.231 e. The zero-order valence-electron chi connectivity index (χ0n) is 12.3. The number of benzene rings is 1. The molecule has 0 spiro atoms. The van der Waals surface area contributed by atoms with E-state index in [-0.39, 0.29) is 5.82 Å². The first kappa shape index (κ1) is 15.5. The van der Waals surface area contributed by atoms with E-state index in [1.54, 1.807) is 25.2 Å². The number of hydrogen-bond acceptors (Lipinski definition) is 6. The molecular formula is C14H18FN5S. The molecule has 1 aromatic carbocycles. The summed E-state index contributed by atoms with van der Waals surface area (Å²) < 4.78 is 13.7. The van der Waals surface area contributed by atoms with E-state index in [1.165, 1.54) is 17.8 Å². The highest BCUT2D eigenvalue weighted by atomic mass is 32.2. The van der Waals surface area contributed by atoms with Crippen LogP contribution in [0.3, 0.4) is 0 Å². The Morgan fingerprint density at radius 1 is 1.14 bits per heavy atom. The van der Waals surface area contributed by atoms with Crippen molar-refractivity contribution in [3.8, 4) is 0 Å². The monoisotopic (exact) mass is 307 g/mol. The van der Waals surface area contributed by atoms with E-state index in [0.717, 1.165) is 13.1 Å². The number of nitrogens with one attached hydrogen (secondary N) is 1. The van der Waals surface area contributed by atoms with Crippen LogP contribution in [-0.2, 0) is 0 Å². The molecular weight excluding hydrogens is 289 g/mol. The van der Waals surface area contributed by atoms with Gasteiger partial charge < -0.3 is 10.2 Å². The van der Waals surface area contributed by atoms with Crippen LogP contribution in [0.1, 0.15) is 13.8 Å². The molecule has 0 aliphatic heterocycles. The van der Waals surface area contributed by atoms with E-state index in [0.29, 0.717) is 21.9 Å². The second kappa shape index (κ2) is 7.21. The summed E-state index contributed by atoms with van der Waals surface area (Å²) in [5, 5.41) is 3.39. The van der Waals surface area contributed by atoms with Crippen molar-refractivity contribution in [1.82, 2.24) is 15.0 Å². The van der Waals surface area contributed by atoms with E-state index in [9.17, 15) is 4.39 Å². The molecule has 0 bridgehead atoms. The van der Waals surface area contributed by atoms with Gasteiger partial charge in [0, 0.05) is 20.1 Å². The molecule has 0 saturated heterocycles. The van der Waals surface area contributed by atoms with Gasteiger partial charge in [-0.15, -0.1) is 0 Å². The number of hydrogen-bond donors (Lipinski definition) is 1. The Balaban J connectivity index is 2.35. The van der Waals surface area contributed by atoms with Crippen molar-refractivity contribution in [1.29, 1.82) is 0 Å². The Morgan fingerprint density at radius 3 is 2.48 bits per heavy atom. The lowest BCUT2D eigenvalue weighted by Crippen LogP contribution is -2.25. The zero-order chi connectivity index (χ0) is 15.2. The summed E-state index contributed by atoms with van der Waals surface area (Å²) >= 11 is 1.19. The van der Waals surface area contributed by atoms with E-state index in [2.05, 4.69) is 20.3 Å². The first-order chi connectivity index (χ1) is 10.2. The summed E-state index contributed by atoms with van der Waals surface area (Å²) in [5.74, 6) is 0.794. The van der Waals surface area contributed by atoms with Crippen LogP contribution in [0.25, 0.3) is 0 Å². The highest BCUT2D eigenvalue weighted by Gasteiger charge is 2.13. The van der Waals surface area contributed by atoms with Gasteiger partial charge >= 0.3 is 0 Å². The highest BCUT2D eigenvalue weighted by Crippen LogP contribution is 2.28. The summed E-state index contributed by atoms with van der Waals surface area (Å²) in [6, 6.07) is 6.58. The SMILES string of the molecule is CCN(CC)c1nc(NC)nc(Sc2ccccc2F)n1. The maximum atomic E-state index is 13.7. The standard InChI is InChI=1S/C14H18FN5S/c1-4-20(5-2)13-17-12(16-3)18-14(19-13)21-11-9-7-6-8-10(11)15/h6-9H,4-5H2,1-3H3,(H,16,17,18,19). The van der Waals surface area contributed by atoms with Gasteiger partial charge in [0.15, 0.2) is 5.16 Å². The number of aromatic nitrogens is 3. The quantitative estimate of drug-likeness (QED) is 0.885. The van der Waals surface area contributed by atoms with Crippen LogP contribution in [0.2, 0.25) is 0 Å². The molecule has 0 radical (unpaired) electrons. The maximum Gasteiger partial charge on any atom is 0.231 e. The molecule has 0 unspecified atom stereocenters. The Morgan fingerprint density at radius 2 is 1.86 bits per heavy atom. The van der Waals surface area contributed by atoms with Gasteiger partial charge in [-0.05, 0) is 37.7 Å². The van der Waals surface area contributed by atoms with Crippen molar-refractivity contribution in [3.05, 3.63) is 30.1 Å². The lowest BCUT2D eigenvalue weighted by atomic mass is 10.4. The van der Waals surface area contributed by atoms with Gasteiger partial charge in [-0.25, -0.2) is 4.39 Å². The molecule has 1 N–H and O–H groups in total. The summed E-state index contributed by atoms with van der Waals surface area (Å²) in [4.78, 5) is 15.6. The molecule has 0 aliphatic carbocycles. The molecule has 0 aliphatic rings.